The van der Waals surface area contributed by atoms with Gasteiger partial charge in [-0.2, -0.15) is 0 Å². The summed E-state index contributed by atoms with van der Waals surface area (Å²) >= 11 is 0. The molecule has 1 heterocycles. The van der Waals surface area contributed by atoms with E-state index in [1.54, 1.807) is 0 Å². The standard InChI is InChI=1S/C20H23N3O/c1-14(2)12-21-19(24)13-23-18-10-5-4-9-17(18)22-20(23)16-8-6-7-15(3)11-16/h4-11,14H,12-13H2,1-3H3,(H,21,24). The SMILES string of the molecule is Cc1cccc(-c2nc3ccccc3n2CC(=O)NCC(C)C)c1. The summed E-state index contributed by atoms with van der Waals surface area (Å²) in [5.74, 6) is 1.28. The molecule has 1 N–H and O–H groups in total. The van der Waals surface area contributed by atoms with Gasteiger partial charge in [0, 0.05) is 12.1 Å². The number of amides is 1. The summed E-state index contributed by atoms with van der Waals surface area (Å²) in [7, 11) is 0. The zero-order valence-corrected chi connectivity index (χ0v) is 14.4. The minimum atomic E-state index is 0.0146. The number of fused-ring (bicyclic) bond motifs is 1. The average molecular weight is 321 g/mol. The van der Waals surface area contributed by atoms with Crippen LogP contribution in [-0.4, -0.2) is 22.0 Å². The molecule has 0 bridgehead atoms. The van der Waals surface area contributed by atoms with E-state index in [2.05, 4.69) is 38.2 Å². The molecular formula is C20H23N3O. The molecule has 0 aliphatic heterocycles. The first-order valence-electron chi connectivity index (χ1n) is 8.33. The number of hydrogen-bond acceptors (Lipinski definition) is 2. The van der Waals surface area contributed by atoms with E-state index < -0.39 is 0 Å². The Morgan fingerprint density at radius 1 is 1.17 bits per heavy atom. The van der Waals surface area contributed by atoms with Crippen molar-refractivity contribution in [2.24, 2.45) is 5.92 Å². The number of para-hydroxylation sites is 2. The molecule has 4 nitrogen and oxygen atoms in total. The Hall–Kier alpha value is -2.62. The molecule has 0 fully saturated rings. The van der Waals surface area contributed by atoms with Gasteiger partial charge in [0.2, 0.25) is 5.91 Å². The average Bonchev–Trinajstić information content (AvgIpc) is 2.92. The lowest BCUT2D eigenvalue weighted by atomic mass is 10.1. The number of nitrogens with one attached hydrogen (secondary N) is 1. The van der Waals surface area contributed by atoms with E-state index in [-0.39, 0.29) is 12.5 Å². The Bertz CT molecular complexity index is 864. The molecule has 0 radical (unpaired) electrons. The molecule has 0 aliphatic rings. The van der Waals surface area contributed by atoms with Crippen LogP contribution in [0, 0.1) is 12.8 Å². The Kier molecular flexibility index (Phi) is 4.65. The van der Waals surface area contributed by atoms with Gasteiger partial charge in [-0.15, -0.1) is 0 Å². The highest BCUT2D eigenvalue weighted by Gasteiger charge is 2.15. The van der Waals surface area contributed by atoms with Gasteiger partial charge in [0.25, 0.3) is 0 Å². The van der Waals surface area contributed by atoms with Crippen LogP contribution in [0.15, 0.2) is 48.5 Å². The van der Waals surface area contributed by atoms with Crippen molar-refractivity contribution >= 4 is 16.9 Å². The number of imidazole rings is 1. The minimum Gasteiger partial charge on any atom is -0.354 e. The van der Waals surface area contributed by atoms with E-state index in [0.717, 1.165) is 22.4 Å². The lowest BCUT2D eigenvalue weighted by Crippen LogP contribution is -2.30. The van der Waals surface area contributed by atoms with Gasteiger partial charge in [-0.1, -0.05) is 49.7 Å². The largest absolute Gasteiger partial charge is 0.354 e. The third kappa shape index (κ3) is 3.48. The molecule has 0 atom stereocenters. The summed E-state index contributed by atoms with van der Waals surface area (Å²) in [6.45, 7) is 7.20. The first-order valence-corrected chi connectivity index (χ1v) is 8.33. The topological polar surface area (TPSA) is 46.9 Å². The smallest absolute Gasteiger partial charge is 0.240 e. The molecule has 3 rings (SSSR count). The molecule has 0 unspecified atom stereocenters. The van der Waals surface area contributed by atoms with E-state index in [1.807, 2.05) is 41.0 Å². The van der Waals surface area contributed by atoms with E-state index in [4.69, 9.17) is 4.98 Å². The molecule has 0 aliphatic carbocycles. The summed E-state index contributed by atoms with van der Waals surface area (Å²) in [4.78, 5) is 17.1. The van der Waals surface area contributed by atoms with Crippen molar-refractivity contribution in [2.45, 2.75) is 27.3 Å². The summed E-state index contributed by atoms with van der Waals surface area (Å²) in [5.41, 5.74) is 4.09. The second kappa shape index (κ2) is 6.87. The molecule has 24 heavy (non-hydrogen) atoms. The van der Waals surface area contributed by atoms with Gasteiger partial charge in [-0.25, -0.2) is 4.98 Å². The van der Waals surface area contributed by atoms with Crippen LogP contribution in [0.5, 0.6) is 0 Å². The Labute approximate surface area is 142 Å². The van der Waals surface area contributed by atoms with Gasteiger partial charge >= 0.3 is 0 Å². The maximum Gasteiger partial charge on any atom is 0.240 e. The van der Waals surface area contributed by atoms with Gasteiger partial charge < -0.3 is 9.88 Å². The zero-order valence-electron chi connectivity index (χ0n) is 14.4. The van der Waals surface area contributed by atoms with Crippen molar-refractivity contribution in [3.05, 3.63) is 54.1 Å². The predicted octanol–water partition coefficient (Wildman–Crippen LogP) is 3.78. The molecule has 0 spiro atoms. The molecule has 124 valence electrons. The van der Waals surface area contributed by atoms with Crippen molar-refractivity contribution in [1.82, 2.24) is 14.9 Å². The molecule has 4 heteroatoms. The van der Waals surface area contributed by atoms with Crippen LogP contribution in [-0.2, 0) is 11.3 Å². The van der Waals surface area contributed by atoms with Crippen molar-refractivity contribution in [1.29, 1.82) is 0 Å². The van der Waals surface area contributed by atoms with Crippen LogP contribution in [0.1, 0.15) is 19.4 Å². The highest BCUT2D eigenvalue weighted by molar-refractivity contribution is 5.84. The van der Waals surface area contributed by atoms with Crippen LogP contribution in [0.25, 0.3) is 22.4 Å². The monoisotopic (exact) mass is 321 g/mol. The van der Waals surface area contributed by atoms with Crippen LogP contribution in [0.3, 0.4) is 0 Å². The fourth-order valence-electron chi connectivity index (χ4n) is 2.76. The van der Waals surface area contributed by atoms with Crippen molar-refractivity contribution in [3.8, 4) is 11.4 Å². The Morgan fingerprint density at radius 3 is 2.71 bits per heavy atom. The van der Waals surface area contributed by atoms with E-state index in [0.29, 0.717) is 12.5 Å². The molecule has 2 aromatic carbocycles. The van der Waals surface area contributed by atoms with Crippen molar-refractivity contribution < 1.29 is 4.79 Å². The molecular weight excluding hydrogens is 298 g/mol. The number of aryl methyl sites for hydroxylation is 1. The normalized spacial score (nSPS) is 11.2. The third-order valence-electron chi connectivity index (χ3n) is 3.94. The highest BCUT2D eigenvalue weighted by atomic mass is 16.1. The third-order valence-corrected chi connectivity index (χ3v) is 3.94. The number of carbonyl (C=O) groups is 1. The van der Waals surface area contributed by atoms with Gasteiger partial charge in [-0.3, -0.25) is 4.79 Å². The van der Waals surface area contributed by atoms with Crippen LogP contribution < -0.4 is 5.32 Å². The second-order valence-corrected chi connectivity index (χ2v) is 6.58. The fraction of sp³-hybridized carbons (Fsp3) is 0.300. The lowest BCUT2D eigenvalue weighted by Gasteiger charge is -2.11. The quantitative estimate of drug-likeness (QED) is 0.777. The minimum absolute atomic E-state index is 0.0146. The van der Waals surface area contributed by atoms with E-state index in [9.17, 15) is 4.79 Å². The van der Waals surface area contributed by atoms with Crippen molar-refractivity contribution in [3.63, 3.8) is 0 Å². The summed E-state index contributed by atoms with van der Waals surface area (Å²) < 4.78 is 2.00. The second-order valence-electron chi connectivity index (χ2n) is 6.58. The number of nitrogens with zero attached hydrogens (tertiary/aromatic N) is 2. The molecule has 0 saturated carbocycles. The Morgan fingerprint density at radius 2 is 1.96 bits per heavy atom. The van der Waals surface area contributed by atoms with E-state index >= 15 is 0 Å². The summed E-state index contributed by atoms with van der Waals surface area (Å²) in [6, 6.07) is 16.2. The number of carbonyl (C=O) groups excluding carboxylic acids is 1. The number of rotatable bonds is 5. The first kappa shape index (κ1) is 16.2. The maximum atomic E-state index is 12.3. The van der Waals surface area contributed by atoms with Gasteiger partial charge in [0.1, 0.15) is 12.4 Å². The zero-order chi connectivity index (χ0) is 17.1. The van der Waals surface area contributed by atoms with Gasteiger partial charge in [0.05, 0.1) is 11.0 Å². The molecule has 1 amide bonds. The fourth-order valence-corrected chi connectivity index (χ4v) is 2.76. The molecule has 0 saturated heterocycles. The maximum absolute atomic E-state index is 12.3. The van der Waals surface area contributed by atoms with Crippen LogP contribution in [0.4, 0.5) is 0 Å². The van der Waals surface area contributed by atoms with Crippen molar-refractivity contribution in [2.75, 3.05) is 6.54 Å². The number of benzene rings is 2. The summed E-state index contributed by atoms with van der Waals surface area (Å²) in [6.07, 6.45) is 0. The number of aromatic nitrogens is 2. The lowest BCUT2D eigenvalue weighted by molar-refractivity contribution is -0.121. The predicted molar refractivity (Wildman–Crippen MR) is 97.8 cm³/mol. The summed E-state index contributed by atoms with van der Waals surface area (Å²) in [5, 5.41) is 2.99. The first-order chi connectivity index (χ1) is 11.5. The van der Waals surface area contributed by atoms with Gasteiger partial charge in [-0.05, 0) is 31.0 Å². The van der Waals surface area contributed by atoms with Crippen LogP contribution >= 0.6 is 0 Å². The van der Waals surface area contributed by atoms with Gasteiger partial charge in [0.15, 0.2) is 0 Å². The Balaban J connectivity index is 2.01. The van der Waals surface area contributed by atoms with Crippen LogP contribution in [0.2, 0.25) is 0 Å². The molecule has 3 aromatic rings. The highest BCUT2D eigenvalue weighted by Crippen LogP contribution is 2.25. The van der Waals surface area contributed by atoms with E-state index in [1.165, 1.54) is 5.56 Å². The molecule has 1 aromatic heterocycles. The number of hydrogen-bond donors (Lipinski definition) is 1.